The quantitative estimate of drug-likeness (QED) is 0.761. The van der Waals surface area contributed by atoms with Crippen LogP contribution in [0.15, 0.2) is 22.7 Å². The number of nitrogens with zero attached hydrogens (tertiary/aromatic N) is 1. The molecule has 1 fully saturated rings. The van der Waals surface area contributed by atoms with Crippen LogP contribution in [0.2, 0.25) is 5.02 Å². The van der Waals surface area contributed by atoms with Crippen LogP contribution >= 0.6 is 27.5 Å². The number of piperidine rings is 1. The van der Waals surface area contributed by atoms with Gasteiger partial charge in [-0.3, -0.25) is 4.79 Å². The standard InChI is InChI=1S/C14H15BrClNO3/c1-20-14(19)12-4-2-3-5-17(12)13(18)9-6-10(15)8-11(16)7-9/h6-8,12H,2-5H2,1H3/t12-/m1/s1. The summed E-state index contributed by atoms with van der Waals surface area (Å²) in [6.07, 6.45) is 2.45. The van der Waals surface area contributed by atoms with Crippen LogP contribution in [-0.4, -0.2) is 36.5 Å². The van der Waals surface area contributed by atoms with E-state index >= 15 is 0 Å². The van der Waals surface area contributed by atoms with Gasteiger partial charge in [0.1, 0.15) is 6.04 Å². The number of hydrogen-bond acceptors (Lipinski definition) is 3. The average Bonchev–Trinajstić information content (AvgIpc) is 2.44. The van der Waals surface area contributed by atoms with Crippen LogP contribution in [-0.2, 0) is 9.53 Å². The number of halogens is 2. The Morgan fingerprint density at radius 3 is 2.75 bits per heavy atom. The highest BCUT2D eigenvalue weighted by Gasteiger charge is 2.33. The Morgan fingerprint density at radius 1 is 1.35 bits per heavy atom. The largest absolute Gasteiger partial charge is 0.467 e. The summed E-state index contributed by atoms with van der Waals surface area (Å²) in [5.74, 6) is -0.553. The molecule has 2 rings (SSSR count). The number of ether oxygens (including phenoxy) is 1. The van der Waals surface area contributed by atoms with Gasteiger partial charge in [-0.25, -0.2) is 4.79 Å². The summed E-state index contributed by atoms with van der Waals surface area (Å²) in [5.41, 5.74) is 0.472. The molecule has 0 aromatic heterocycles. The number of likely N-dealkylation sites (tertiary alicyclic amines) is 1. The minimum absolute atomic E-state index is 0.191. The van der Waals surface area contributed by atoms with Crippen molar-refractivity contribution >= 4 is 39.4 Å². The van der Waals surface area contributed by atoms with Crippen molar-refractivity contribution in [3.63, 3.8) is 0 Å². The Bertz CT molecular complexity index is 515. The van der Waals surface area contributed by atoms with Gasteiger partial charge in [-0.2, -0.15) is 0 Å². The lowest BCUT2D eigenvalue weighted by atomic mass is 10.0. The first-order valence-corrected chi connectivity index (χ1v) is 7.55. The first-order chi connectivity index (χ1) is 9.52. The third kappa shape index (κ3) is 3.33. The zero-order chi connectivity index (χ0) is 14.7. The monoisotopic (exact) mass is 359 g/mol. The molecule has 1 saturated heterocycles. The van der Waals surface area contributed by atoms with Crippen molar-refractivity contribution in [2.24, 2.45) is 0 Å². The predicted octanol–water partition coefficient (Wildman–Crippen LogP) is 3.27. The molecule has 0 N–H and O–H groups in total. The molecule has 0 unspecified atom stereocenters. The number of amides is 1. The Balaban J connectivity index is 2.27. The fourth-order valence-corrected chi connectivity index (χ4v) is 3.26. The van der Waals surface area contributed by atoms with Crippen LogP contribution in [0.25, 0.3) is 0 Å². The molecule has 0 spiro atoms. The van der Waals surface area contributed by atoms with E-state index in [-0.39, 0.29) is 11.9 Å². The van der Waals surface area contributed by atoms with Gasteiger partial charge < -0.3 is 9.64 Å². The van der Waals surface area contributed by atoms with Crippen LogP contribution in [0, 0.1) is 0 Å². The van der Waals surface area contributed by atoms with Gasteiger partial charge in [0.15, 0.2) is 0 Å². The molecule has 0 saturated carbocycles. The molecule has 0 aliphatic carbocycles. The number of benzene rings is 1. The molecular weight excluding hydrogens is 346 g/mol. The van der Waals surface area contributed by atoms with E-state index < -0.39 is 6.04 Å². The maximum atomic E-state index is 12.6. The van der Waals surface area contributed by atoms with Gasteiger partial charge in [0, 0.05) is 21.6 Å². The molecule has 1 heterocycles. The lowest BCUT2D eigenvalue weighted by molar-refractivity contribution is -0.147. The summed E-state index contributed by atoms with van der Waals surface area (Å²) in [5, 5.41) is 0.481. The van der Waals surface area contributed by atoms with E-state index in [4.69, 9.17) is 16.3 Å². The molecule has 4 nitrogen and oxygen atoms in total. The summed E-state index contributed by atoms with van der Waals surface area (Å²) >= 11 is 9.28. The Labute approximate surface area is 131 Å². The number of hydrogen-bond donors (Lipinski definition) is 0. The first kappa shape index (κ1) is 15.3. The molecule has 1 aromatic carbocycles. The van der Waals surface area contributed by atoms with Crippen LogP contribution < -0.4 is 0 Å². The number of carbonyl (C=O) groups is 2. The fourth-order valence-electron chi connectivity index (χ4n) is 2.40. The zero-order valence-electron chi connectivity index (χ0n) is 11.1. The number of carbonyl (C=O) groups excluding carboxylic acids is 2. The first-order valence-electron chi connectivity index (χ1n) is 6.38. The van der Waals surface area contributed by atoms with Gasteiger partial charge >= 0.3 is 5.97 Å². The molecule has 1 amide bonds. The molecule has 0 bridgehead atoms. The highest BCUT2D eigenvalue weighted by molar-refractivity contribution is 9.10. The number of methoxy groups -OCH3 is 1. The maximum Gasteiger partial charge on any atom is 0.328 e. The summed E-state index contributed by atoms with van der Waals surface area (Å²) in [4.78, 5) is 25.9. The van der Waals surface area contributed by atoms with E-state index in [9.17, 15) is 9.59 Å². The third-order valence-corrected chi connectivity index (χ3v) is 4.02. The second-order valence-corrected chi connectivity index (χ2v) is 6.04. The molecule has 108 valence electrons. The highest BCUT2D eigenvalue weighted by atomic mass is 79.9. The SMILES string of the molecule is COC(=O)[C@H]1CCCCN1C(=O)c1cc(Cl)cc(Br)c1. The van der Waals surface area contributed by atoms with Crippen molar-refractivity contribution in [3.05, 3.63) is 33.3 Å². The van der Waals surface area contributed by atoms with E-state index in [1.807, 2.05) is 0 Å². The number of esters is 1. The number of rotatable bonds is 2. The van der Waals surface area contributed by atoms with Crippen molar-refractivity contribution in [2.45, 2.75) is 25.3 Å². The van der Waals surface area contributed by atoms with Crippen LogP contribution in [0.3, 0.4) is 0 Å². The van der Waals surface area contributed by atoms with E-state index in [1.54, 1.807) is 23.1 Å². The lowest BCUT2D eigenvalue weighted by Gasteiger charge is -2.33. The van der Waals surface area contributed by atoms with Gasteiger partial charge in [0.05, 0.1) is 7.11 Å². The second kappa shape index (κ2) is 6.59. The highest BCUT2D eigenvalue weighted by Crippen LogP contribution is 2.24. The Kier molecular flexibility index (Phi) is 5.05. The molecule has 1 aromatic rings. The lowest BCUT2D eigenvalue weighted by Crippen LogP contribution is -2.48. The van der Waals surface area contributed by atoms with E-state index in [0.29, 0.717) is 23.6 Å². The molecule has 1 atom stereocenters. The van der Waals surface area contributed by atoms with Crippen molar-refractivity contribution in [3.8, 4) is 0 Å². The van der Waals surface area contributed by atoms with Gasteiger partial charge in [-0.1, -0.05) is 27.5 Å². The molecule has 1 aliphatic heterocycles. The summed E-state index contributed by atoms with van der Waals surface area (Å²) in [7, 11) is 1.34. The molecule has 1 aliphatic rings. The van der Waals surface area contributed by atoms with Gasteiger partial charge in [-0.15, -0.1) is 0 Å². The minimum atomic E-state index is -0.501. The Hall–Kier alpha value is -1.07. The van der Waals surface area contributed by atoms with Crippen LogP contribution in [0.5, 0.6) is 0 Å². The van der Waals surface area contributed by atoms with Gasteiger partial charge in [0.25, 0.3) is 5.91 Å². The van der Waals surface area contributed by atoms with Crippen molar-refractivity contribution in [1.29, 1.82) is 0 Å². The molecule has 0 radical (unpaired) electrons. The van der Waals surface area contributed by atoms with Crippen LogP contribution in [0.4, 0.5) is 0 Å². The van der Waals surface area contributed by atoms with Crippen molar-refractivity contribution in [2.75, 3.05) is 13.7 Å². The minimum Gasteiger partial charge on any atom is -0.467 e. The zero-order valence-corrected chi connectivity index (χ0v) is 13.4. The second-order valence-electron chi connectivity index (χ2n) is 4.69. The molecular formula is C14H15BrClNO3. The topological polar surface area (TPSA) is 46.6 Å². The summed E-state index contributed by atoms with van der Waals surface area (Å²) < 4.78 is 5.52. The van der Waals surface area contributed by atoms with Gasteiger partial charge in [0.2, 0.25) is 0 Å². The van der Waals surface area contributed by atoms with Crippen molar-refractivity contribution in [1.82, 2.24) is 4.90 Å². The van der Waals surface area contributed by atoms with E-state index in [0.717, 1.165) is 17.3 Å². The third-order valence-electron chi connectivity index (χ3n) is 3.35. The smallest absolute Gasteiger partial charge is 0.328 e. The van der Waals surface area contributed by atoms with Gasteiger partial charge in [-0.05, 0) is 37.5 Å². The Morgan fingerprint density at radius 2 is 2.10 bits per heavy atom. The normalized spacial score (nSPS) is 18.8. The van der Waals surface area contributed by atoms with Crippen molar-refractivity contribution < 1.29 is 14.3 Å². The fraction of sp³-hybridized carbons (Fsp3) is 0.429. The van der Waals surface area contributed by atoms with E-state index in [2.05, 4.69) is 15.9 Å². The van der Waals surface area contributed by atoms with E-state index in [1.165, 1.54) is 7.11 Å². The summed E-state index contributed by atoms with van der Waals surface area (Å²) in [6, 6.07) is 4.53. The van der Waals surface area contributed by atoms with Crippen LogP contribution in [0.1, 0.15) is 29.6 Å². The predicted molar refractivity (Wildman–Crippen MR) is 79.8 cm³/mol. The average molecular weight is 361 g/mol. The molecule has 6 heteroatoms. The molecule has 20 heavy (non-hydrogen) atoms. The maximum absolute atomic E-state index is 12.6. The summed E-state index contributed by atoms with van der Waals surface area (Å²) in [6.45, 7) is 0.558.